The lowest BCUT2D eigenvalue weighted by molar-refractivity contribution is 0.0970. The minimum atomic E-state index is -0.593. The van der Waals surface area contributed by atoms with Crippen LogP contribution in [-0.2, 0) is 0 Å². The molecule has 132 valence electrons. The quantitative estimate of drug-likeness (QED) is 0.924. The number of ether oxygens (including phenoxy) is 3. The summed E-state index contributed by atoms with van der Waals surface area (Å²) in [4.78, 5) is 14.7. The standard InChI is InChI=1S/C19H21NO5/c1-23-13-4-5-16-17(11-13)20(7-6-18(16)21)19(22)12-8-14(24-2)10-15(9-12)25-3/h4-5,8-11,18,21H,6-7H2,1-3H3. The van der Waals surface area contributed by atoms with Crippen molar-refractivity contribution in [3.05, 3.63) is 47.5 Å². The maximum atomic E-state index is 13.1. The Labute approximate surface area is 146 Å². The number of fused-ring (bicyclic) bond motifs is 1. The fourth-order valence-corrected chi connectivity index (χ4v) is 2.99. The summed E-state index contributed by atoms with van der Waals surface area (Å²) in [7, 11) is 4.65. The second-order valence-electron chi connectivity index (χ2n) is 5.79. The lowest BCUT2D eigenvalue weighted by Crippen LogP contribution is -2.36. The number of carbonyl (C=O) groups is 1. The summed E-state index contributed by atoms with van der Waals surface area (Å²) in [6.45, 7) is 0.416. The molecule has 1 atom stereocenters. The molecule has 2 aromatic rings. The molecular weight excluding hydrogens is 322 g/mol. The van der Waals surface area contributed by atoms with E-state index in [2.05, 4.69) is 0 Å². The first-order chi connectivity index (χ1) is 12.1. The molecule has 6 nitrogen and oxygen atoms in total. The van der Waals surface area contributed by atoms with Crippen molar-refractivity contribution in [2.24, 2.45) is 0 Å². The van der Waals surface area contributed by atoms with E-state index in [9.17, 15) is 9.90 Å². The number of methoxy groups -OCH3 is 3. The number of carbonyl (C=O) groups excluding carboxylic acids is 1. The summed E-state index contributed by atoms with van der Waals surface area (Å²) in [6.07, 6.45) is -0.114. The molecule has 0 aliphatic carbocycles. The van der Waals surface area contributed by atoms with Crippen LogP contribution in [0.1, 0.15) is 28.4 Å². The van der Waals surface area contributed by atoms with Gasteiger partial charge in [0.25, 0.3) is 5.91 Å². The van der Waals surface area contributed by atoms with Gasteiger partial charge in [-0.25, -0.2) is 0 Å². The maximum Gasteiger partial charge on any atom is 0.258 e. The lowest BCUT2D eigenvalue weighted by atomic mass is 9.97. The highest BCUT2D eigenvalue weighted by molar-refractivity contribution is 6.07. The van der Waals surface area contributed by atoms with Crippen molar-refractivity contribution in [3.8, 4) is 17.2 Å². The van der Waals surface area contributed by atoms with Crippen LogP contribution in [0.2, 0.25) is 0 Å². The third kappa shape index (κ3) is 3.25. The zero-order valence-corrected chi connectivity index (χ0v) is 14.5. The monoisotopic (exact) mass is 343 g/mol. The van der Waals surface area contributed by atoms with Gasteiger partial charge in [0.1, 0.15) is 17.2 Å². The lowest BCUT2D eigenvalue weighted by Gasteiger charge is -2.32. The number of hydrogen-bond acceptors (Lipinski definition) is 5. The number of aliphatic hydroxyl groups is 1. The van der Waals surface area contributed by atoms with Crippen LogP contribution in [-0.4, -0.2) is 38.9 Å². The SMILES string of the molecule is COc1cc(OC)cc(C(=O)N2CCC(O)c3ccc(OC)cc32)c1. The fraction of sp³-hybridized carbons (Fsp3) is 0.316. The predicted octanol–water partition coefficient (Wildman–Crippen LogP) is 2.80. The molecule has 0 fully saturated rings. The van der Waals surface area contributed by atoms with Crippen LogP contribution in [0.15, 0.2) is 36.4 Å². The Bertz CT molecular complexity index is 767. The first kappa shape index (κ1) is 17.1. The molecule has 25 heavy (non-hydrogen) atoms. The molecule has 1 aliphatic heterocycles. The van der Waals surface area contributed by atoms with Gasteiger partial charge in [-0.15, -0.1) is 0 Å². The molecular formula is C19H21NO5. The highest BCUT2D eigenvalue weighted by Gasteiger charge is 2.29. The van der Waals surface area contributed by atoms with Gasteiger partial charge in [0.2, 0.25) is 0 Å². The van der Waals surface area contributed by atoms with E-state index in [0.717, 1.165) is 5.56 Å². The second kappa shape index (κ2) is 7.03. The number of anilines is 1. The Hall–Kier alpha value is -2.73. The van der Waals surface area contributed by atoms with Gasteiger partial charge in [-0.2, -0.15) is 0 Å². The number of benzene rings is 2. The number of nitrogens with zero attached hydrogens (tertiary/aromatic N) is 1. The van der Waals surface area contributed by atoms with Gasteiger partial charge in [-0.05, 0) is 24.6 Å². The van der Waals surface area contributed by atoms with Gasteiger partial charge < -0.3 is 24.2 Å². The largest absolute Gasteiger partial charge is 0.497 e. The minimum Gasteiger partial charge on any atom is -0.497 e. The zero-order chi connectivity index (χ0) is 18.0. The normalized spacial score (nSPS) is 16.2. The third-order valence-electron chi connectivity index (χ3n) is 4.36. The number of rotatable bonds is 4. The Kier molecular flexibility index (Phi) is 4.81. The van der Waals surface area contributed by atoms with Gasteiger partial charge in [-0.1, -0.05) is 6.07 Å². The summed E-state index contributed by atoms with van der Waals surface area (Å²) in [6, 6.07) is 10.4. The van der Waals surface area contributed by atoms with Gasteiger partial charge in [-0.3, -0.25) is 4.79 Å². The number of hydrogen-bond donors (Lipinski definition) is 1. The average molecular weight is 343 g/mol. The molecule has 1 unspecified atom stereocenters. The van der Waals surface area contributed by atoms with Crippen LogP contribution in [0.4, 0.5) is 5.69 Å². The highest BCUT2D eigenvalue weighted by atomic mass is 16.5. The van der Waals surface area contributed by atoms with E-state index in [1.807, 2.05) is 0 Å². The van der Waals surface area contributed by atoms with E-state index in [1.54, 1.807) is 62.6 Å². The first-order valence-electron chi connectivity index (χ1n) is 7.98. The van der Waals surface area contributed by atoms with Crippen molar-refractivity contribution >= 4 is 11.6 Å². The van der Waals surface area contributed by atoms with Crippen LogP contribution >= 0.6 is 0 Å². The smallest absolute Gasteiger partial charge is 0.258 e. The first-order valence-corrected chi connectivity index (χ1v) is 7.98. The van der Waals surface area contributed by atoms with E-state index in [0.29, 0.717) is 41.5 Å². The topological polar surface area (TPSA) is 68.2 Å². The van der Waals surface area contributed by atoms with Crippen molar-refractivity contribution < 1.29 is 24.1 Å². The summed E-state index contributed by atoms with van der Waals surface area (Å²) < 4.78 is 15.8. The Morgan fingerprint density at radius 2 is 1.64 bits per heavy atom. The molecule has 0 saturated carbocycles. The Morgan fingerprint density at radius 3 is 2.24 bits per heavy atom. The van der Waals surface area contributed by atoms with Gasteiger partial charge in [0.15, 0.2) is 0 Å². The molecule has 1 aliphatic rings. The number of amides is 1. The Balaban J connectivity index is 2.03. The van der Waals surface area contributed by atoms with Crippen LogP contribution in [0.25, 0.3) is 0 Å². The molecule has 0 aromatic heterocycles. The average Bonchev–Trinajstić information content (AvgIpc) is 2.66. The third-order valence-corrected chi connectivity index (χ3v) is 4.36. The zero-order valence-electron chi connectivity index (χ0n) is 14.5. The summed E-state index contributed by atoms with van der Waals surface area (Å²) >= 11 is 0. The van der Waals surface area contributed by atoms with Crippen LogP contribution in [0, 0.1) is 0 Å². The fourth-order valence-electron chi connectivity index (χ4n) is 2.99. The van der Waals surface area contributed by atoms with Crippen molar-refractivity contribution in [1.29, 1.82) is 0 Å². The van der Waals surface area contributed by atoms with Crippen LogP contribution in [0.5, 0.6) is 17.2 Å². The van der Waals surface area contributed by atoms with E-state index in [1.165, 1.54) is 0 Å². The van der Waals surface area contributed by atoms with E-state index >= 15 is 0 Å². The molecule has 0 radical (unpaired) electrons. The van der Waals surface area contributed by atoms with Crippen LogP contribution in [0.3, 0.4) is 0 Å². The molecule has 1 heterocycles. The van der Waals surface area contributed by atoms with E-state index in [4.69, 9.17) is 14.2 Å². The molecule has 0 bridgehead atoms. The van der Waals surface area contributed by atoms with Crippen molar-refractivity contribution in [1.82, 2.24) is 0 Å². The van der Waals surface area contributed by atoms with Crippen molar-refractivity contribution in [2.75, 3.05) is 32.8 Å². The van der Waals surface area contributed by atoms with Gasteiger partial charge in [0, 0.05) is 29.8 Å². The molecule has 2 aromatic carbocycles. The maximum absolute atomic E-state index is 13.1. The molecule has 1 amide bonds. The summed E-state index contributed by atoms with van der Waals surface area (Å²) in [5, 5.41) is 10.2. The van der Waals surface area contributed by atoms with Crippen LogP contribution < -0.4 is 19.1 Å². The molecule has 0 spiro atoms. The summed E-state index contributed by atoms with van der Waals surface area (Å²) in [5.41, 5.74) is 1.83. The minimum absolute atomic E-state index is 0.182. The van der Waals surface area contributed by atoms with Gasteiger partial charge in [0.05, 0.1) is 33.1 Å². The second-order valence-corrected chi connectivity index (χ2v) is 5.79. The molecule has 3 rings (SSSR count). The number of aliphatic hydroxyl groups excluding tert-OH is 1. The van der Waals surface area contributed by atoms with Crippen molar-refractivity contribution in [3.63, 3.8) is 0 Å². The molecule has 0 saturated heterocycles. The predicted molar refractivity (Wildman–Crippen MR) is 93.8 cm³/mol. The molecule has 1 N–H and O–H groups in total. The van der Waals surface area contributed by atoms with E-state index < -0.39 is 6.10 Å². The highest BCUT2D eigenvalue weighted by Crippen LogP contribution is 2.37. The van der Waals surface area contributed by atoms with Crippen molar-refractivity contribution in [2.45, 2.75) is 12.5 Å². The Morgan fingerprint density at radius 1 is 1.00 bits per heavy atom. The summed E-state index contributed by atoms with van der Waals surface area (Å²) in [5.74, 6) is 1.55. The molecule has 6 heteroatoms. The van der Waals surface area contributed by atoms with Gasteiger partial charge >= 0.3 is 0 Å². The van der Waals surface area contributed by atoms with E-state index in [-0.39, 0.29) is 5.91 Å².